The van der Waals surface area contributed by atoms with Crippen molar-refractivity contribution in [2.75, 3.05) is 27.4 Å². The zero-order valence-corrected chi connectivity index (χ0v) is 21.0. The smallest absolute Gasteiger partial charge is 0.243 e. The minimum Gasteiger partial charge on any atom is -0.493 e. The lowest BCUT2D eigenvalue weighted by Gasteiger charge is -2.40. The number of nitrogens with zero attached hydrogens (tertiary/aromatic N) is 1. The summed E-state index contributed by atoms with van der Waals surface area (Å²) in [6.07, 6.45) is 7.29. The Balaban J connectivity index is 1.96. The fraction of sp³-hybridized carbons (Fsp3) is 0.654. The van der Waals surface area contributed by atoms with Gasteiger partial charge in [-0.05, 0) is 62.1 Å². The number of carbonyl (C=O) groups is 3. The summed E-state index contributed by atoms with van der Waals surface area (Å²) in [5, 5.41) is 12.0. The SMILES string of the molecule is COc1cc([C@@H](C(=O)N2CCCC[C@H]2C(=O)N[C@@H](CO)C(N)=O)C2CCCCC2)cc(C)c1OC. The van der Waals surface area contributed by atoms with Gasteiger partial charge in [0.05, 0.1) is 26.7 Å². The normalized spacial score (nSPS) is 20.6. The van der Waals surface area contributed by atoms with Crippen molar-refractivity contribution in [3.05, 3.63) is 23.3 Å². The molecule has 1 saturated carbocycles. The Kier molecular flexibility index (Phi) is 9.37. The third-order valence-corrected chi connectivity index (χ3v) is 7.36. The van der Waals surface area contributed by atoms with Gasteiger partial charge in [-0.2, -0.15) is 0 Å². The van der Waals surface area contributed by atoms with E-state index in [2.05, 4.69) is 5.32 Å². The van der Waals surface area contributed by atoms with Crippen molar-refractivity contribution in [1.29, 1.82) is 0 Å². The first-order valence-corrected chi connectivity index (χ1v) is 12.6. The van der Waals surface area contributed by atoms with Gasteiger partial charge in [0.1, 0.15) is 12.1 Å². The van der Waals surface area contributed by atoms with Crippen LogP contribution in [0.3, 0.4) is 0 Å². The molecule has 1 heterocycles. The largest absolute Gasteiger partial charge is 0.493 e. The number of aliphatic hydroxyl groups excluding tert-OH is 1. The number of hydrogen-bond donors (Lipinski definition) is 3. The van der Waals surface area contributed by atoms with Gasteiger partial charge in [0.15, 0.2) is 11.5 Å². The number of ether oxygens (including phenoxy) is 2. The summed E-state index contributed by atoms with van der Waals surface area (Å²) < 4.78 is 11.1. The number of rotatable bonds is 9. The van der Waals surface area contributed by atoms with Gasteiger partial charge in [-0.25, -0.2) is 0 Å². The second kappa shape index (κ2) is 12.2. The first-order chi connectivity index (χ1) is 16.8. The Labute approximate surface area is 207 Å². The minimum absolute atomic E-state index is 0.0806. The van der Waals surface area contributed by atoms with Gasteiger partial charge in [0.2, 0.25) is 17.7 Å². The first kappa shape index (κ1) is 26.8. The lowest BCUT2D eigenvalue weighted by atomic mass is 9.75. The fourth-order valence-corrected chi connectivity index (χ4v) is 5.57. The van der Waals surface area contributed by atoms with E-state index in [0.29, 0.717) is 24.5 Å². The van der Waals surface area contributed by atoms with Crippen molar-refractivity contribution in [3.63, 3.8) is 0 Å². The van der Waals surface area contributed by atoms with E-state index in [1.54, 1.807) is 19.1 Å². The van der Waals surface area contributed by atoms with Crippen LogP contribution in [0.2, 0.25) is 0 Å². The Morgan fingerprint density at radius 2 is 1.77 bits per heavy atom. The lowest BCUT2D eigenvalue weighted by molar-refractivity contribution is -0.145. The monoisotopic (exact) mass is 489 g/mol. The van der Waals surface area contributed by atoms with E-state index in [9.17, 15) is 19.5 Å². The topological polar surface area (TPSA) is 131 Å². The average Bonchev–Trinajstić information content (AvgIpc) is 2.87. The molecular formula is C26H39N3O6. The number of amides is 3. The van der Waals surface area contributed by atoms with Crippen LogP contribution < -0.4 is 20.5 Å². The molecule has 3 amide bonds. The van der Waals surface area contributed by atoms with Gasteiger partial charge < -0.3 is 30.5 Å². The Morgan fingerprint density at radius 3 is 2.37 bits per heavy atom. The molecule has 4 N–H and O–H groups in total. The molecule has 0 aromatic heterocycles. The molecule has 194 valence electrons. The van der Waals surface area contributed by atoms with E-state index >= 15 is 0 Å². The summed E-state index contributed by atoms with van der Waals surface area (Å²) in [4.78, 5) is 40.5. The summed E-state index contributed by atoms with van der Waals surface area (Å²) >= 11 is 0. The number of primary amides is 1. The van der Waals surface area contributed by atoms with Crippen molar-refractivity contribution in [1.82, 2.24) is 10.2 Å². The molecule has 1 aliphatic carbocycles. The van der Waals surface area contributed by atoms with E-state index in [4.69, 9.17) is 15.2 Å². The average molecular weight is 490 g/mol. The summed E-state index contributed by atoms with van der Waals surface area (Å²) in [6.45, 7) is 1.81. The maximum atomic E-state index is 14.2. The minimum atomic E-state index is -1.18. The van der Waals surface area contributed by atoms with Gasteiger partial charge in [-0.3, -0.25) is 14.4 Å². The number of aryl methyl sites for hydroxylation is 1. The quantitative estimate of drug-likeness (QED) is 0.486. The highest BCUT2D eigenvalue weighted by atomic mass is 16.5. The third kappa shape index (κ3) is 6.07. The van der Waals surface area contributed by atoms with Crippen molar-refractivity contribution in [2.24, 2.45) is 11.7 Å². The van der Waals surface area contributed by atoms with Crippen LogP contribution in [0.15, 0.2) is 12.1 Å². The summed E-state index contributed by atoms with van der Waals surface area (Å²) in [6, 6.07) is 1.99. The molecular weight excluding hydrogens is 450 g/mol. The fourth-order valence-electron chi connectivity index (χ4n) is 5.57. The van der Waals surface area contributed by atoms with Gasteiger partial charge in [0, 0.05) is 6.54 Å². The van der Waals surface area contributed by atoms with Crippen LogP contribution in [-0.2, 0) is 14.4 Å². The van der Waals surface area contributed by atoms with E-state index < -0.39 is 36.4 Å². The molecule has 1 aromatic rings. The number of likely N-dealkylation sites (tertiary alicyclic amines) is 1. The third-order valence-electron chi connectivity index (χ3n) is 7.36. The molecule has 35 heavy (non-hydrogen) atoms. The maximum absolute atomic E-state index is 14.2. The number of carbonyl (C=O) groups excluding carboxylic acids is 3. The number of nitrogens with one attached hydrogen (secondary N) is 1. The summed E-state index contributed by atoms with van der Waals surface area (Å²) in [5.41, 5.74) is 7.04. The van der Waals surface area contributed by atoms with E-state index in [0.717, 1.165) is 56.1 Å². The molecule has 1 saturated heterocycles. The highest BCUT2D eigenvalue weighted by Crippen LogP contribution is 2.42. The van der Waals surface area contributed by atoms with E-state index in [1.165, 1.54) is 0 Å². The molecule has 0 bridgehead atoms. The van der Waals surface area contributed by atoms with Crippen LogP contribution in [0.1, 0.15) is 68.4 Å². The standard InChI is InChI=1S/C26H39N3O6/c1-16-13-18(14-21(34-2)23(16)35-3)22(17-9-5-4-6-10-17)26(33)29-12-8-7-11-20(29)25(32)28-19(15-30)24(27)31/h13-14,17,19-20,22,30H,4-12,15H2,1-3H3,(H2,27,31)(H,28,32)/t19-,20-,22-/m0/s1. The molecule has 1 aromatic carbocycles. The van der Waals surface area contributed by atoms with Crippen LogP contribution in [0.4, 0.5) is 0 Å². The number of methoxy groups -OCH3 is 2. The van der Waals surface area contributed by atoms with Crippen LogP contribution in [-0.4, -0.2) is 67.2 Å². The van der Waals surface area contributed by atoms with Crippen LogP contribution in [0.25, 0.3) is 0 Å². The predicted molar refractivity (Wildman–Crippen MR) is 131 cm³/mol. The molecule has 1 aliphatic heterocycles. The van der Waals surface area contributed by atoms with Gasteiger partial charge in [-0.1, -0.05) is 25.3 Å². The molecule has 2 fully saturated rings. The molecule has 2 aliphatic rings. The molecule has 3 atom stereocenters. The number of benzene rings is 1. The van der Waals surface area contributed by atoms with Gasteiger partial charge in [0.25, 0.3) is 0 Å². The van der Waals surface area contributed by atoms with Crippen molar-refractivity contribution >= 4 is 17.7 Å². The summed E-state index contributed by atoms with van der Waals surface area (Å²) in [5.74, 6) is -0.374. The molecule has 9 nitrogen and oxygen atoms in total. The van der Waals surface area contributed by atoms with E-state index in [-0.39, 0.29) is 11.8 Å². The lowest BCUT2D eigenvalue weighted by Crippen LogP contribution is -2.57. The molecule has 3 rings (SSSR count). The highest BCUT2D eigenvalue weighted by Gasteiger charge is 2.40. The van der Waals surface area contributed by atoms with Crippen molar-refractivity contribution in [2.45, 2.75) is 76.3 Å². The molecule has 0 unspecified atom stereocenters. The molecule has 9 heteroatoms. The zero-order chi connectivity index (χ0) is 25.5. The summed E-state index contributed by atoms with van der Waals surface area (Å²) in [7, 11) is 3.18. The Hall–Kier alpha value is -2.81. The molecule has 0 radical (unpaired) electrons. The van der Waals surface area contributed by atoms with Gasteiger partial charge in [-0.15, -0.1) is 0 Å². The maximum Gasteiger partial charge on any atom is 0.243 e. The number of aliphatic hydroxyl groups is 1. The predicted octanol–water partition coefficient (Wildman–Crippen LogP) is 2.02. The van der Waals surface area contributed by atoms with Crippen molar-refractivity contribution < 1.29 is 29.0 Å². The number of nitrogens with two attached hydrogens (primary N) is 1. The first-order valence-electron chi connectivity index (χ1n) is 12.6. The van der Waals surface area contributed by atoms with E-state index in [1.807, 2.05) is 19.1 Å². The second-order valence-electron chi connectivity index (χ2n) is 9.64. The van der Waals surface area contributed by atoms with Crippen LogP contribution >= 0.6 is 0 Å². The zero-order valence-electron chi connectivity index (χ0n) is 21.0. The van der Waals surface area contributed by atoms with Crippen LogP contribution in [0, 0.1) is 12.8 Å². The highest BCUT2D eigenvalue weighted by molar-refractivity contribution is 5.93. The Morgan fingerprint density at radius 1 is 1.09 bits per heavy atom. The van der Waals surface area contributed by atoms with Crippen molar-refractivity contribution in [3.8, 4) is 11.5 Å². The number of hydrogen-bond acceptors (Lipinski definition) is 6. The molecule has 0 spiro atoms. The Bertz CT molecular complexity index is 915. The van der Waals surface area contributed by atoms with Crippen LogP contribution in [0.5, 0.6) is 11.5 Å². The van der Waals surface area contributed by atoms with Gasteiger partial charge >= 0.3 is 0 Å². The second-order valence-corrected chi connectivity index (χ2v) is 9.64. The number of piperidine rings is 1.